The van der Waals surface area contributed by atoms with Gasteiger partial charge < -0.3 is 5.73 Å². The fraction of sp³-hybridized carbons (Fsp3) is 0.600. The van der Waals surface area contributed by atoms with Crippen LogP contribution in [0.5, 0.6) is 0 Å². The van der Waals surface area contributed by atoms with Crippen LogP contribution < -0.4 is 5.73 Å². The molecule has 1 aliphatic heterocycles. The average molecular weight is 248 g/mol. The van der Waals surface area contributed by atoms with Gasteiger partial charge in [-0.1, -0.05) is 12.1 Å². The van der Waals surface area contributed by atoms with Crippen LogP contribution in [0.3, 0.4) is 0 Å². The molecule has 98 valence electrons. The maximum Gasteiger partial charge on any atom is 0.123 e. The molecule has 2 nitrogen and oxygen atoms in total. The van der Waals surface area contributed by atoms with E-state index in [-0.39, 0.29) is 5.82 Å². The summed E-state index contributed by atoms with van der Waals surface area (Å²) >= 11 is 0. The fourth-order valence-corrected chi connectivity index (χ4v) is 3.64. The number of hydrogen-bond acceptors (Lipinski definition) is 2. The summed E-state index contributed by atoms with van der Waals surface area (Å²) in [5.41, 5.74) is 7.23. The molecule has 2 fully saturated rings. The van der Waals surface area contributed by atoms with E-state index in [1.54, 1.807) is 12.1 Å². The Morgan fingerprint density at radius 2 is 2.17 bits per heavy atom. The second-order valence-electron chi connectivity index (χ2n) is 5.85. The Kier molecular flexibility index (Phi) is 3.12. The van der Waals surface area contributed by atoms with Crippen molar-refractivity contribution in [1.29, 1.82) is 0 Å². The average Bonchev–Trinajstić information content (AvgIpc) is 2.91. The number of likely N-dealkylation sites (tertiary alicyclic amines) is 1. The maximum atomic E-state index is 13.3. The van der Waals surface area contributed by atoms with Gasteiger partial charge >= 0.3 is 0 Å². The quantitative estimate of drug-likeness (QED) is 0.871. The largest absolute Gasteiger partial charge is 0.327 e. The molecule has 4 atom stereocenters. The second-order valence-corrected chi connectivity index (χ2v) is 5.85. The Labute approximate surface area is 108 Å². The molecule has 2 N–H and O–H groups in total. The SMILES string of the molecule is CC(c1cccc(F)c1)N1CC2CCC(N)C2C1. The van der Waals surface area contributed by atoms with E-state index in [1.807, 2.05) is 6.07 Å². The molecule has 0 aromatic heterocycles. The van der Waals surface area contributed by atoms with Crippen molar-refractivity contribution in [3.63, 3.8) is 0 Å². The molecule has 0 radical (unpaired) electrons. The summed E-state index contributed by atoms with van der Waals surface area (Å²) in [6.07, 6.45) is 2.44. The van der Waals surface area contributed by atoms with Gasteiger partial charge in [-0.05, 0) is 49.3 Å². The maximum absolute atomic E-state index is 13.3. The number of rotatable bonds is 2. The van der Waals surface area contributed by atoms with Gasteiger partial charge in [0.05, 0.1) is 0 Å². The molecule has 0 spiro atoms. The van der Waals surface area contributed by atoms with Gasteiger partial charge in [0.1, 0.15) is 5.82 Å². The van der Waals surface area contributed by atoms with Crippen LogP contribution in [0.4, 0.5) is 4.39 Å². The van der Waals surface area contributed by atoms with Crippen molar-refractivity contribution in [2.75, 3.05) is 13.1 Å². The van der Waals surface area contributed by atoms with Gasteiger partial charge in [-0.15, -0.1) is 0 Å². The van der Waals surface area contributed by atoms with Crippen LogP contribution in [0, 0.1) is 17.7 Å². The smallest absolute Gasteiger partial charge is 0.123 e. The summed E-state index contributed by atoms with van der Waals surface area (Å²) in [4.78, 5) is 2.46. The van der Waals surface area contributed by atoms with Crippen LogP contribution in [-0.2, 0) is 0 Å². The Balaban J connectivity index is 1.73. The number of nitrogens with zero attached hydrogens (tertiary/aromatic N) is 1. The third kappa shape index (κ3) is 2.06. The van der Waals surface area contributed by atoms with Crippen molar-refractivity contribution in [2.24, 2.45) is 17.6 Å². The molecular formula is C15H21FN2. The van der Waals surface area contributed by atoms with Crippen LogP contribution in [0.2, 0.25) is 0 Å². The highest BCUT2D eigenvalue weighted by Crippen LogP contribution is 2.40. The Morgan fingerprint density at radius 1 is 1.33 bits per heavy atom. The van der Waals surface area contributed by atoms with E-state index in [0.717, 1.165) is 24.6 Å². The number of fused-ring (bicyclic) bond motifs is 1. The summed E-state index contributed by atoms with van der Waals surface area (Å²) < 4.78 is 13.3. The summed E-state index contributed by atoms with van der Waals surface area (Å²) in [6, 6.07) is 7.63. The Bertz CT molecular complexity index is 434. The van der Waals surface area contributed by atoms with Crippen molar-refractivity contribution >= 4 is 0 Å². The molecule has 1 saturated heterocycles. The molecular weight excluding hydrogens is 227 g/mol. The molecule has 3 heteroatoms. The zero-order valence-electron chi connectivity index (χ0n) is 10.8. The third-order valence-electron chi connectivity index (χ3n) is 4.82. The highest BCUT2D eigenvalue weighted by atomic mass is 19.1. The first-order chi connectivity index (χ1) is 8.65. The summed E-state index contributed by atoms with van der Waals surface area (Å²) in [5.74, 6) is 1.27. The van der Waals surface area contributed by atoms with Crippen molar-refractivity contribution in [2.45, 2.75) is 31.8 Å². The van der Waals surface area contributed by atoms with Gasteiger partial charge in [-0.25, -0.2) is 4.39 Å². The molecule has 18 heavy (non-hydrogen) atoms. The molecule has 2 aliphatic rings. The predicted molar refractivity (Wildman–Crippen MR) is 70.6 cm³/mol. The summed E-state index contributed by atoms with van der Waals surface area (Å²) in [7, 11) is 0. The van der Waals surface area contributed by atoms with Gasteiger partial charge in [-0.3, -0.25) is 4.90 Å². The van der Waals surface area contributed by atoms with Gasteiger partial charge in [0.2, 0.25) is 0 Å². The monoisotopic (exact) mass is 248 g/mol. The first-order valence-electron chi connectivity index (χ1n) is 6.90. The highest BCUT2D eigenvalue weighted by molar-refractivity contribution is 5.20. The number of hydrogen-bond donors (Lipinski definition) is 1. The van der Waals surface area contributed by atoms with E-state index in [1.165, 1.54) is 18.9 Å². The van der Waals surface area contributed by atoms with Crippen LogP contribution in [0.25, 0.3) is 0 Å². The summed E-state index contributed by atoms with van der Waals surface area (Å²) in [5, 5.41) is 0. The van der Waals surface area contributed by atoms with E-state index < -0.39 is 0 Å². The lowest BCUT2D eigenvalue weighted by Crippen LogP contribution is -2.31. The number of halogens is 1. The zero-order chi connectivity index (χ0) is 12.7. The van der Waals surface area contributed by atoms with Gasteiger partial charge in [0.25, 0.3) is 0 Å². The highest BCUT2D eigenvalue weighted by Gasteiger charge is 2.42. The van der Waals surface area contributed by atoms with E-state index in [0.29, 0.717) is 18.0 Å². The molecule has 1 saturated carbocycles. The predicted octanol–water partition coefficient (Wildman–Crippen LogP) is 2.56. The van der Waals surface area contributed by atoms with Crippen LogP contribution >= 0.6 is 0 Å². The van der Waals surface area contributed by atoms with E-state index in [2.05, 4.69) is 11.8 Å². The minimum Gasteiger partial charge on any atom is -0.327 e. The minimum atomic E-state index is -0.143. The summed E-state index contributed by atoms with van der Waals surface area (Å²) in [6.45, 7) is 4.36. The van der Waals surface area contributed by atoms with Crippen LogP contribution in [0.1, 0.15) is 31.4 Å². The van der Waals surface area contributed by atoms with Crippen LogP contribution in [0.15, 0.2) is 24.3 Å². The first-order valence-corrected chi connectivity index (χ1v) is 6.90. The lowest BCUT2D eigenvalue weighted by Gasteiger charge is -2.26. The lowest BCUT2D eigenvalue weighted by atomic mass is 9.98. The standard InChI is InChI=1S/C15H21FN2/c1-10(11-3-2-4-13(16)7-11)18-8-12-5-6-15(17)14(12)9-18/h2-4,7,10,12,14-15H,5-6,8-9,17H2,1H3. The number of nitrogens with two attached hydrogens (primary N) is 1. The first kappa shape index (κ1) is 12.1. The fourth-order valence-electron chi connectivity index (χ4n) is 3.64. The van der Waals surface area contributed by atoms with Gasteiger partial charge in [0.15, 0.2) is 0 Å². The molecule has 0 amide bonds. The molecule has 1 aromatic rings. The lowest BCUT2D eigenvalue weighted by molar-refractivity contribution is 0.238. The molecule has 0 bridgehead atoms. The zero-order valence-corrected chi connectivity index (χ0v) is 10.8. The molecule has 1 aromatic carbocycles. The van der Waals surface area contributed by atoms with Crippen LogP contribution in [-0.4, -0.2) is 24.0 Å². The van der Waals surface area contributed by atoms with Crippen molar-refractivity contribution < 1.29 is 4.39 Å². The van der Waals surface area contributed by atoms with Crippen molar-refractivity contribution in [3.05, 3.63) is 35.6 Å². The van der Waals surface area contributed by atoms with E-state index in [9.17, 15) is 4.39 Å². The molecule has 4 unspecified atom stereocenters. The van der Waals surface area contributed by atoms with E-state index >= 15 is 0 Å². The minimum absolute atomic E-state index is 0.143. The normalized spacial score (nSPS) is 33.6. The molecule has 1 heterocycles. The van der Waals surface area contributed by atoms with Gasteiger partial charge in [-0.2, -0.15) is 0 Å². The molecule has 3 rings (SSSR count). The topological polar surface area (TPSA) is 29.3 Å². The number of benzene rings is 1. The van der Waals surface area contributed by atoms with E-state index in [4.69, 9.17) is 5.73 Å². The second kappa shape index (κ2) is 4.63. The molecule has 1 aliphatic carbocycles. The Morgan fingerprint density at radius 3 is 2.89 bits per heavy atom. The van der Waals surface area contributed by atoms with Gasteiger partial charge in [0, 0.05) is 25.2 Å². The van der Waals surface area contributed by atoms with Crippen molar-refractivity contribution in [1.82, 2.24) is 4.90 Å². The Hall–Kier alpha value is -0.930. The van der Waals surface area contributed by atoms with Crippen molar-refractivity contribution in [3.8, 4) is 0 Å². The third-order valence-corrected chi connectivity index (χ3v) is 4.82.